The van der Waals surface area contributed by atoms with Gasteiger partial charge in [-0.15, -0.1) is 0 Å². The van der Waals surface area contributed by atoms with Crippen molar-refractivity contribution in [3.63, 3.8) is 0 Å². The summed E-state index contributed by atoms with van der Waals surface area (Å²) in [5.41, 5.74) is 0.741. The highest BCUT2D eigenvalue weighted by Crippen LogP contribution is 2.21. The van der Waals surface area contributed by atoms with Crippen LogP contribution in [0.4, 0.5) is 5.69 Å². The molecule has 1 aromatic rings. The third-order valence-corrected chi connectivity index (χ3v) is 4.46. The highest BCUT2D eigenvalue weighted by molar-refractivity contribution is 7.91. The largest absolute Gasteiger partial charge is 0.497 e. The number of nitrogens with one attached hydrogen (secondary N) is 1. The minimum Gasteiger partial charge on any atom is -0.497 e. The van der Waals surface area contributed by atoms with Crippen LogP contribution in [0.5, 0.6) is 5.75 Å². The number of anilines is 1. The Morgan fingerprint density at radius 1 is 1.41 bits per heavy atom. The highest BCUT2D eigenvalue weighted by atomic mass is 32.2. The van der Waals surface area contributed by atoms with Crippen LogP contribution in [-0.2, 0) is 9.84 Å². The molecule has 17 heavy (non-hydrogen) atoms. The van der Waals surface area contributed by atoms with E-state index < -0.39 is 22.0 Å². The van der Waals surface area contributed by atoms with E-state index in [0.29, 0.717) is 5.75 Å². The average molecular weight is 257 g/mol. The molecule has 0 saturated carbocycles. The predicted octanol–water partition coefficient (Wildman–Crippen LogP) is 0.265. The normalized spacial score (nSPS) is 26.7. The van der Waals surface area contributed by atoms with Gasteiger partial charge in [0.25, 0.3) is 0 Å². The maximum Gasteiger partial charge on any atom is 0.155 e. The molecule has 6 heteroatoms. The fourth-order valence-corrected chi connectivity index (χ4v) is 3.64. The lowest BCUT2D eigenvalue weighted by molar-refractivity contribution is 0.190. The quantitative estimate of drug-likeness (QED) is 0.812. The molecule has 94 valence electrons. The van der Waals surface area contributed by atoms with Crippen molar-refractivity contribution in [2.45, 2.75) is 12.1 Å². The van der Waals surface area contributed by atoms with Crippen molar-refractivity contribution in [1.29, 1.82) is 0 Å². The van der Waals surface area contributed by atoms with Crippen molar-refractivity contribution in [2.75, 3.05) is 23.9 Å². The first kappa shape index (κ1) is 12.2. The van der Waals surface area contributed by atoms with Gasteiger partial charge in [-0.1, -0.05) is 6.07 Å². The number of aliphatic hydroxyl groups excluding tert-OH is 1. The lowest BCUT2D eigenvalue weighted by Crippen LogP contribution is -2.31. The summed E-state index contributed by atoms with van der Waals surface area (Å²) in [5, 5.41) is 12.7. The van der Waals surface area contributed by atoms with E-state index in [2.05, 4.69) is 5.32 Å². The van der Waals surface area contributed by atoms with E-state index in [-0.39, 0.29) is 11.5 Å². The molecule has 2 N–H and O–H groups in total. The summed E-state index contributed by atoms with van der Waals surface area (Å²) >= 11 is 0. The van der Waals surface area contributed by atoms with Gasteiger partial charge in [0.05, 0.1) is 30.8 Å². The third-order valence-electron chi connectivity index (χ3n) is 2.74. The van der Waals surface area contributed by atoms with Gasteiger partial charge in [0.1, 0.15) is 5.75 Å². The number of rotatable bonds is 3. The molecule has 0 spiro atoms. The summed E-state index contributed by atoms with van der Waals surface area (Å²) in [7, 11) is -1.56. The van der Waals surface area contributed by atoms with Crippen LogP contribution in [0.3, 0.4) is 0 Å². The van der Waals surface area contributed by atoms with E-state index in [1.807, 2.05) is 0 Å². The van der Waals surface area contributed by atoms with Crippen molar-refractivity contribution >= 4 is 15.5 Å². The number of hydrogen-bond acceptors (Lipinski definition) is 5. The van der Waals surface area contributed by atoms with Gasteiger partial charge in [0.2, 0.25) is 0 Å². The van der Waals surface area contributed by atoms with Gasteiger partial charge >= 0.3 is 0 Å². The number of benzene rings is 1. The van der Waals surface area contributed by atoms with Gasteiger partial charge in [0.15, 0.2) is 9.84 Å². The van der Waals surface area contributed by atoms with Gasteiger partial charge < -0.3 is 15.2 Å². The molecule has 1 aromatic carbocycles. The van der Waals surface area contributed by atoms with Crippen molar-refractivity contribution in [3.05, 3.63) is 24.3 Å². The Kier molecular flexibility index (Phi) is 3.26. The van der Waals surface area contributed by atoms with Gasteiger partial charge in [-0.2, -0.15) is 0 Å². The van der Waals surface area contributed by atoms with E-state index >= 15 is 0 Å². The molecule has 1 fully saturated rings. The monoisotopic (exact) mass is 257 g/mol. The second-order valence-electron chi connectivity index (χ2n) is 4.13. The number of sulfone groups is 1. The van der Waals surface area contributed by atoms with Crippen LogP contribution in [0, 0.1) is 0 Å². The van der Waals surface area contributed by atoms with Crippen LogP contribution in [0.25, 0.3) is 0 Å². The van der Waals surface area contributed by atoms with Crippen LogP contribution < -0.4 is 10.1 Å². The molecule has 0 aliphatic carbocycles. The second-order valence-corrected chi connectivity index (χ2v) is 6.28. The van der Waals surface area contributed by atoms with Crippen LogP contribution in [0.1, 0.15) is 0 Å². The fraction of sp³-hybridized carbons (Fsp3) is 0.455. The molecule has 5 nitrogen and oxygen atoms in total. The Labute approximate surface area is 100 Å². The molecule has 0 radical (unpaired) electrons. The minimum atomic E-state index is -3.12. The molecule has 1 heterocycles. The average Bonchev–Trinajstić information content (AvgIpc) is 2.52. The zero-order valence-corrected chi connectivity index (χ0v) is 10.3. The van der Waals surface area contributed by atoms with Gasteiger partial charge in [0, 0.05) is 11.8 Å². The van der Waals surface area contributed by atoms with E-state index in [0.717, 1.165) is 5.69 Å². The maximum absolute atomic E-state index is 11.3. The molecule has 1 aliphatic heterocycles. The first-order valence-corrected chi connectivity index (χ1v) is 7.11. The number of ether oxygens (including phenoxy) is 1. The van der Waals surface area contributed by atoms with Gasteiger partial charge in [-0.25, -0.2) is 8.42 Å². The summed E-state index contributed by atoms with van der Waals surface area (Å²) in [4.78, 5) is 0. The van der Waals surface area contributed by atoms with Crippen molar-refractivity contribution in [3.8, 4) is 5.75 Å². The Morgan fingerprint density at radius 3 is 2.76 bits per heavy atom. The molecular weight excluding hydrogens is 242 g/mol. The van der Waals surface area contributed by atoms with Crippen LogP contribution >= 0.6 is 0 Å². The lowest BCUT2D eigenvalue weighted by atomic mass is 10.2. The Bertz CT molecular complexity index is 500. The topological polar surface area (TPSA) is 75.6 Å². The second kappa shape index (κ2) is 4.54. The molecule has 2 unspecified atom stereocenters. The third kappa shape index (κ3) is 2.89. The Morgan fingerprint density at radius 2 is 2.18 bits per heavy atom. The smallest absolute Gasteiger partial charge is 0.155 e. The summed E-state index contributed by atoms with van der Waals surface area (Å²) in [6, 6.07) is 6.72. The van der Waals surface area contributed by atoms with Crippen LogP contribution in [0.2, 0.25) is 0 Å². The van der Waals surface area contributed by atoms with E-state index in [9.17, 15) is 13.5 Å². The Balaban J connectivity index is 2.11. The van der Waals surface area contributed by atoms with E-state index in [1.165, 1.54) is 0 Å². The first-order chi connectivity index (χ1) is 8.00. The minimum absolute atomic E-state index is 0.0363. The summed E-state index contributed by atoms with van der Waals surface area (Å²) in [6.45, 7) is 0. The zero-order chi connectivity index (χ0) is 12.5. The zero-order valence-electron chi connectivity index (χ0n) is 9.46. The molecule has 0 aromatic heterocycles. The number of methoxy groups -OCH3 is 1. The summed E-state index contributed by atoms with van der Waals surface area (Å²) in [5.74, 6) is 0.477. The molecule has 1 aliphatic rings. The molecule has 0 bridgehead atoms. The number of aliphatic hydroxyl groups is 1. The fourth-order valence-electron chi connectivity index (χ4n) is 1.89. The lowest BCUT2D eigenvalue weighted by Gasteiger charge is -2.16. The molecule has 2 atom stereocenters. The SMILES string of the molecule is COc1cccc(NC2CS(=O)(=O)CC2O)c1. The van der Waals surface area contributed by atoms with Gasteiger partial charge in [-0.3, -0.25) is 0 Å². The van der Waals surface area contributed by atoms with Gasteiger partial charge in [-0.05, 0) is 12.1 Å². The highest BCUT2D eigenvalue weighted by Gasteiger charge is 2.36. The molecule has 0 amide bonds. The van der Waals surface area contributed by atoms with E-state index in [4.69, 9.17) is 4.74 Å². The van der Waals surface area contributed by atoms with Crippen LogP contribution in [0.15, 0.2) is 24.3 Å². The summed E-state index contributed by atoms with van der Waals surface area (Å²) in [6.07, 6.45) is -0.855. The molecular formula is C11H15NO4S. The Hall–Kier alpha value is -1.27. The number of hydrogen-bond donors (Lipinski definition) is 2. The summed E-state index contributed by atoms with van der Waals surface area (Å²) < 4.78 is 27.7. The maximum atomic E-state index is 11.3. The van der Waals surface area contributed by atoms with Crippen molar-refractivity contribution < 1.29 is 18.3 Å². The molecule has 1 saturated heterocycles. The first-order valence-electron chi connectivity index (χ1n) is 5.29. The molecule has 2 rings (SSSR count). The van der Waals surface area contributed by atoms with Crippen molar-refractivity contribution in [1.82, 2.24) is 0 Å². The van der Waals surface area contributed by atoms with Crippen LogP contribution in [-0.4, -0.2) is 44.3 Å². The standard InChI is InChI=1S/C11H15NO4S/c1-16-9-4-2-3-8(5-9)12-10-6-17(14,15)7-11(10)13/h2-5,10-13H,6-7H2,1H3. The van der Waals surface area contributed by atoms with E-state index in [1.54, 1.807) is 31.4 Å². The predicted molar refractivity (Wildman–Crippen MR) is 65.1 cm³/mol. The van der Waals surface area contributed by atoms with Crippen molar-refractivity contribution in [2.24, 2.45) is 0 Å².